The van der Waals surface area contributed by atoms with Crippen LogP contribution in [0.15, 0.2) is 54.6 Å². The highest BCUT2D eigenvalue weighted by molar-refractivity contribution is 6.30. The highest BCUT2D eigenvalue weighted by Gasteiger charge is 2.11. The number of carbonyl (C=O) groups is 1. The fraction of sp³-hybridized carbons (Fsp3) is 0.0556. The topological polar surface area (TPSA) is 75.1 Å². The maximum absolute atomic E-state index is 13.8. The number of hydrogen-bond acceptors (Lipinski definition) is 4. The second kappa shape index (κ2) is 7.27. The van der Waals surface area contributed by atoms with Crippen molar-refractivity contribution in [1.29, 1.82) is 0 Å². The van der Waals surface area contributed by atoms with Crippen molar-refractivity contribution < 1.29 is 14.3 Å². The Morgan fingerprint density at radius 2 is 1.84 bits per heavy atom. The van der Waals surface area contributed by atoms with Crippen LogP contribution in [0.1, 0.15) is 0 Å². The molecule has 3 rings (SSSR count). The molecule has 126 valence electrons. The number of carboxylic acids is 1. The molecular weight excluding hydrogens is 345 g/mol. The number of halogens is 2. The summed E-state index contributed by atoms with van der Waals surface area (Å²) in [5, 5.41) is 11.6. The zero-order valence-corrected chi connectivity index (χ0v) is 13.7. The maximum Gasteiger partial charge on any atom is 0.322 e. The van der Waals surface area contributed by atoms with Crippen LogP contribution in [0.2, 0.25) is 5.02 Å². The SMILES string of the molecule is O=C(O)CNc1cc(-c2ccc(Cl)c(F)c2)nc(-c2ccccc2)n1. The van der Waals surface area contributed by atoms with Gasteiger partial charge in [0.05, 0.1) is 10.7 Å². The van der Waals surface area contributed by atoms with Gasteiger partial charge in [-0.2, -0.15) is 0 Å². The maximum atomic E-state index is 13.8. The Balaban J connectivity index is 2.08. The van der Waals surface area contributed by atoms with Crippen molar-refractivity contribution in [1.82, 2.24) is 9.97 Å². The summed E-state index contributed by atoms with van der Waals surface area (Å²) in [6, 6.07) is 15.2. The van der Waals surface area contributed by atoms with Gasteiger partial charge in [-0.25, -0.2) is 14.4 Å². The van der Waals surface area contributed by atoms with E-state index in [0.29, 0.717) is 22.9 Å². The molecule has 0 saturated heterocycles. The first kappa shape index (κ1) is 16.9. The normalized spacial score (nSPS) is 10.5. The number of aliphatic carboxylic acids is 1. The zero-order valence-electron chi connectivity index (χ0n) is 12.9. The summed E-state index contributed by atoms with van der Waals surface area (Å²) in [6.45, 7) is -0.292. The fourth-order valence-electron chi connectivity index (χ4n) is 2.22. The lowest BCUT2D eigenvalue weighted by Gasteiger charge is -2.10. The Bertz CT molecular complexity index is 919. The van der Waals surface area contributed by atoms with Gasteiger partial charge in [-0.15, -0.1) is 0 Å². The third-order valence-electron chi connectivity index (χ3n) is 3.39. The Morgan fingerprint density at radius 3 is 2.52 bits per heavy atom. The van der Waals surface area contributed by atoms with Crippen molar-refractivity contribution in [2.24, 2.45) is 0 Å². The van der Waals surface area contributed by atoms with E-state index in [1.165, 1.54) is 12.1 Å². The first-order chi connectivity index (χ1) is 12.0. The van der Waals surface area contributed by atoms with Gasteiger partial charge < -0.3 is 10.4 Å². The van der Waals surface area contributed by atoms with Gasteiger partial charge in [-0.05, 0) is 12.1 Å². The van der Waals surface area contributed by atoms with Crippen molar-refractivity contribution in [2.45, 2.75) is 0 Å². The number of benzene rings is 2. The summed E-state index contributed by atoms with van der Waals surface area (Å²) >= 11 is 5.73. The van der Waals surface area contributed by atoms with E-state index in [9.17, 15) is 9.18 Å². The molecule has 1 heterocycles. The monoisotopic (exact) mass is 357 g/mol. The van der Waals surface area contributed by atoms with Crippen LogP contribution in [0.5, 0.6) is 0 Å². The molecule has 5 nitrogen and oxygen atoms in total. The minimum Gasteiger partial charge on any atom is -0.480 e. The molecule has 0 bridgehead atoms. The molecule has 0 spiro atoms. The quantitative estimate of drug-likeness (QED) is 0.719. The second-order valence-corrected chi connectivity index (χ2v) is 5.61. The van der Waals surface area contributed by atoms with Crippen LogP contribution in [0.25, 0.3) is 22.6 Å². The molecule has 25 heavy (non-hydrogen) atoms. The number of anilines is 1. The van der Waals surface area contributed by atoms with Crippen molar-refractivity contribution in [3.63, 3.8) is 0 Å². The minimum absolute atomic E-state index is 0.0188. The van der Waals surface area contributed by atoms with Crippen molar-refractivity contribution >= 4 is 23.4 Å². The average Bonchev–Trinajstić information content (AvgIpc) is 2.63. The predicted molar refractivity (Wildman–Crippen MR) is 94.0 cm³/mol. The van der Waals surface area contributed by atoms with Crippen LogP contribution in [0.3, 0.4) is 0 Å². The van der Waals surface area contributed by atoms with Crippen molar-refractivity contribution in [2.75, 3.05) is 11.9 Å². The number of nitrogens with zero attached hydrogens (tertiary/aromatic N) is 2. The molecule has 2 N–H and O–H groups in total. The highest BCUT2D eigenvalue weighted by Crippen LogP contribution is 2.27. The Hall–Kier alpha value is -2.99. The van der Waals surface area contributed by atoms with Crippen LogP contribution in [0.4, 0.5) is 10.2 Å². The molecule has 2 aromatic carbocycles. The molecule has 0 aliphatic rings. The molecule has 0 aliphatic heterocycles. The van der Waals surface area contributed by atoms with E-state index in [1.807, 2.05) is 30.3 Å². The number of rotatable bonds is 5. The molecule has 0 radical (unpaired) electrons. The largest absolute Gasteiger partial charge is 0.480 e. The van der Waals surface area contributed by atoms with Crippen LogP contribution in [0, 0.1) is 5.82 Å². The molecule has 1 aromatic heterocycles. The van der Waals surface area contributed by atoms with Crippen LogP contribution < -0.4 is 5.32 Å². The lowest BCUT2D eigenvalue weighted by molar-refractivity contribution is -0.134. The van der Waals surface area contributed by atoms with Crippen LogP contribution >= 0.6 is 11.6 Å². The summed E-state index contributed by atoms with van der Waals surface area (Å²) in [4.78, 5) is 19.6. The number of hydrogen-bond donors (Lipinski definition) is 2. The Labute approximate surface area is 148 Å². The first-order valence-electron chi connectivity index (χ1n) is 7.38. The Kier molecular flexibility index (Phi) is 4.90. The molecule has 0 fully saturated rings. The summed E-state index contributed by atoms with van der Waals surface area (Å²) in [7, 11) is 0. The molecule has 0 amide bonds. The van der Waals surface area contributed by atoms with Crippen molar-refractivity contribution in [3.8, 4) is 22.6 Å². The molecule has 0 aliphatic carbocycles. The molecule has 7 heteroatoms. The molecule has 3 aromatic rings. The van der Waals surface area contributed by atoms with E-state index < -0.39 is 11.8 Å². The third-order valence-corrected chi connectivity index (χ3v) is 3.70. The molecule has 0 unspecified atom stereocenters. The highest BCUT2D eigenvalue weighted by atomic mass is 35.5. The van der Waals surface area contributed by atoms with Gasteiger partial charge in [0.2, 0.25) is 0 Å². The molecular formula is C18H13ClFN3O2. The van der Waals surface area contributed by atoms with Gasteiger partial charge >= 0.3 is 5.97 Å². The number of aromatic nitrogens is 2. The first-order valence-corrected chi connectivity index (χ1v) is 7.76. The molecule has 0 saturated carbocycles. The van der Waals surface area contributed by atoms with Gasteiger partial charge in [0.1, 0.15) is 18.2 Å². The summed E-state index contributed by atoms with van der Waals surface area (Å²) in [6.07, 6.45) is 0. The predicted octanol–water partition coefficient (Wildman–Crippen LogP) is 4.10. The van der Waals surface area contributed by atoms with E-state index in [2.05, 4.69) is 15.3 Å². The molecule has 0 atom stereocenters. The van der Waals surface area contributed by atoms with E-state index in [-0.39, 0.29) is 11.6 Å². The second-order valence-electron chi connectivity index (χ2n) is 5.20. The number of carboxylic acid groups (broad SMARTS) is 1. The minimum atomic E-state index is -1.01. The zero-order chi connectivity index (χ0) is 17.8. The smallest absolute Gasteiger partial charge is 0.322 e. The average molecular weight is 358 g/mol. The lowest BCUT2D eigenvalue weighted by atomic mass is 10.1. The van der Waals surface area contributed by atoms with Gasteiger partial charge in [0.15, 0.2) is 5.82 Å². The lowest BCUT2D eigenvalue weighted by Crippen LogP contribution is -2.13. The fourth-order valence-corrected chi connectivity index (χ4v) is 2.34. The summed E-state index contributed by atoms with van der Waals surface area (Å²) in [5.41, 5.74) is 1.73. The summed E-state index contributed by atoms with van der Waals surface area (Å²) < 4.78 is 13.8. The van der Waals surface area contributed by atoms with Crippen LogP contribution in [-0.4, -0.2) is 27.6 Å². The standard InChI is InChI=1S/C18H13ClFN3O2/c19-13-7-6-12(8-14(13)20)15-9-16(21-10-17(24)25)23-18(22-15)11-4-2-1-3-5-11/h1-9H,10H2,(H,24,25)(H,21,22,23). The summed E-state index contributed by atoms with van der Waals surface area (Å²) in [5.74, 6) is -0.832. The van der Waals surface area contributed by atoms with Gasteiger partial charge in [-0.3, -0.25) is 4.79 Å². The van der Waals surface area contributed by atoms with Gasteiger partial charge in [0, 0.05) is 17.2 Å². The number of nitrogens with one attached hydrogen (secondary N) is 1. The van der Waals surface area contributed by atoms with E-state index >= 15 is 0 Å². The van der Waals surface area contributed by atoms with Crippen LogP contribution in [-0.2, 0) is 4.79 Å². The van der Waals surface area contributed by atoms with E-state index in [1.54, 1.807) is 12.1 Å². The van der Waals surface area contributed by atoms with Crippen molar-refractivity contribution in [3.05, 3.63) is 65.4 Å². The van der Waals surface area contributed by atoms with Gasteiger partial charge in [-0.1, -0.05) is 48.0 Å². The van der Waals surface area contributed by atoms with E-state index in [0.717, 1.165) is 5.56 Å². The van der Waals surface area contributed by atoms with Gasteiger partial charge in [0.25, 0.3) is 0 Å². The third kappa shape index (κ3) is 4.10. The van der Waals surface area contributed by atoms with E-state index in [4.69, 9.17) is 16.7 Å². The Morgan fingerprint density at radius 1 is 1.08 bits per heavy atom.